The van der Waals surface area contributed by atoms with Gasteiger partial charge >= 0.3 is 0 Å². The zero-order valence-electron chi connectivity index (χ0n) is 10.7. The van der Waals surface area contributed by atoms with Gasteiger partial charge in [-0.25, -0.2) is 12.8 Å². The molecule has 1 heterocycles. The maximum Gasteiger partial charge on any atom is 0.271 e. The predicted molar refractivity (Wildman–Crippen MR) is 87.2 cm³/mol. The van der Waals surface area contributed by atoms with E-state index in [0.29, 0.717) is 9.90 Å². The van der Waals surface area contributed by atoms with Crippen molar-refractivity contribution >= 4 is 55.9 Å². The molecule has 0 radical (unpaired) electrons. The van der Waals surface area contributed by atoms with E-state index in [-0.39, 0.29) is 20.4 Å². The van der Waals surface area contributed by atoms with E-state index in [4.69, 9.17) is 29.6 Å². The topological polar surface area (TPSA) is 72.2 Å². The number of aryl methyl sites for hydroxylation is 1. The number of thiophene rings is 1. The fourth-order valence-electron chi connectivity index (χ4n) is 1.62. The zero-order chi connectivity index (χ0) is 15.8. The fraction of sp³-hybridized carbons (Fsp3) is 0.0833. The standard InChI is InChI=1S/C12H10ClFN2O2S3/c1-6-5-9(20-11(6)13)21(17,18)16-8-4-2-3-7(14)10(8)12(15)19/h2-5,16H,1H3,(H2,15,19). The highest BCUT2D eigenvalue weighted by molar-refractivity contribution is 7.94. The molecule has 0 spiro atoms. The molecule has 2 rings (SSSR count). The monoisotopic (exact) mass is 364 g/mol. The normalized spacial score (nSPS) is 11.4. The Morgan fingerprint density at radius 1 is 1.48 bits per heavy atom. The van der Waals surface area contributed by atoms with Crippen molar-refractivity contribution in [3.63, 3.8) is 0 Å². The SMILES string of the molecule is Cc1cc(S(=O)(=O)Nc2cccc(F)c2C(N)=S)sc1Cl. The van der Waals surface area contributed by atoms with E-state index in [1.807, 2.05) is 0 Å². The summed E-state index contributed by atoms with van der Waals surface area (Å²) in [7, 11) is -3.89. The zero-order valence-corrected chi connectivity index (χ0v) is 13.9. The minimum Gasteiger partial charge on any atom is -0.389 e. The van der Waals surface area contributed by atoms with Crippen molar-refractivity contribution in [2.75, 3.05) is 4.72 Å². The molecule has 0 fully saturated rings. The van der Waals surface area contributed by atoms with E-state index in [1.165, 1.54) is 18.2 Å². The van der Waals surface area contributed by atoms with Crippen molar-refractivity contribution in [1.29, 1.82) is 0 Å². The van der Waals surface area contributed by atoms with Crippen LogP contribution in [0.3, 0.4) is 0 Å². The van der Waals surface area contributed by atoms with Crippen molar-refractivity contribution < 1.29 is 12.8 Å². The first-order valence-corrected chi connectivity index (χ1v) is 8.68. The lowest BCUT2D eigenvalue weighted by Gasteiger charge is -2.11. The van der Waals surface area contributed by atoms with E-state index < -0.39 is 15.8 Å². The average molecular weight is 365 g/mol. The molecule has 0 aliphatic carbocycles. The summed E-state index contributed by atoms with van der Waals surface area (Å²) in [6, 6.07) is 5.34. The third-order valence-electron chi connectivity index (χ3n) is 2.60. The molecule has 4 nitrogen and oxygen atoms in total. The molecule has 112 valence electrons. The molecule has 2 aromatic rings. The summed E-state index contributed by atoms with van der Waals surface area (Å²) in [5, 5.41) is 0. The highest BCUT2D eigenvalue weighted by Crippen LogP contribution is 2.32. The van der Waals surface area contributed by atoms with Crippen molar-refractivity contribution in [2.45, 2.75) is 11.1 Å². The van der Waals surface area contributed by atoms with Gasteiger partial charge in [-0.3, -0.25) is 4.72 Å². The van der Waals surface area contributed by atoms with Crippen molar-refractivity contribution in [3.8, 4) is 0 Å². The summed E-state index contributed by atoms with van der Waals surface area (Å²) in [6.07, 6.45) is 0. The molecule has 9 heteroatoms. The predicted octanol–water partition coefficient (Wildman–Crippen LogP) is 3.28. The lowest BCUT2D eigenvalue weighted by molar-refractivity contribution is 0.603. The van der Waals surface area contributed by atoms with Crippen LogP contribution in [-0.4, -0.2) is 13.4 Å². The van der Waals surface area contributed by atoms with Gasteiger partial charge in [-0.1, -0.05) is 29.9 Å². The van der Waals surface area contributed by atoms with Gasteiger partial charge in [-0.15, -0.1) is 11.3 Å². The lowest BCUT2D eigenvalue weighted by Crippen LogP contribution is -2.18. The largest absolute Gasteiger partial charge is 0.389 e. The number of halogens is 2. The molecule has 3 N–H and O–H groups in total. The van der Waals surface area contributed by atoms with E-state index >= 15 is 0 Å². The number of nitrogens with one attached hydrogen (secondary N) is 1. The van der Waals surface area contributed by atoms with Crippen LogP contribution >= 0.6 is 35.2 Å². The summed E-state index contributed by atoms with van der Waals surface area (Å²) in [5.41, 5.74) is 5.94. The molecular formula is C12H10ClFN2O2S3. The summed E-state index contributed by atoms with van der Waals surface area (Å²) < 4.78 is 41.0. The molecule has 0 saturated carbocycles. The summed E-state index contributed by atoms with van der Waals surface area (Å²) >= 11 is 11.5. The molecule has 21 heavy (non-hydrogen) atoms. The van der Waals surface area contributed by atoms with Crippen LogP contribution in [0.25, 0.3) is 0 Å². The summed E-state index contributed by atoms with van der Waals surface area (Å²) in [4.78, 5) is -0.230. The maximum atomic E-state index is 13.7. The van der Waals surface area contributed by atoms with Gasteiger partial charge in [0.1, 0.15) is 15.0 Å². The number of thiocarbonyl (C=S) groups is 1. The quantitative estimate of drug-likeness (QED) is 0.816. The van der Waals surface area contributed by atoms with E-state index in [9.17, 15) is 12.8 Å². The Kier molecular flexibility index (Phi) is 4.52. The van der Waals surface area contributed by atoms with Crippen LogP contribution in [0.15, 0.2) is 28.5 Å². The maximum absolute atomic E-state index is 13.7. The molecule has 0 atom stereocenters. The highest BCUT2D eigenvalue weighted by Gasteiger charge is 2.21. The third-order valence-corrected chi connectivity index (χ3v) is 6.20. The van der Waals surface area contributed by atoms with Crippen molar-refractivity contribution in [2.24, 2.45) is 5.73 Å². The third kappa shape index (κ3) is 3.34. The summed E-state index contributed by atoms with van der Waals surface area (Å²) in [6.45, 7) is 1.69. The molecule has 0 bridgehead atoms. The number of sulfonamides is 1. The molecular weight excluding hydrogens is 355 g/mol. The Morgan fingerprint density at radius 3 is 2.67 bits per heavy atom. The van der Waals surface area contributed by atoms with Crippen LogP contribution in [-0.2, 0) is 10.0 Å². The second kappa shape index (κ2) is 5.88. The molecule has 0 unspecified atom stereocenters. The molecule has 1 aromatic carbocycles. The van der Waals surface area contributed by atoms with Gasteiger partial charge in [0.15, 0.2) is 0 Å². The van der Waals surface area contributed by atoms with Gasteiger partial charge in [0.25, 0.3) is 10.0 Å². The number of rotatable bonds is 4. The molecule has 0 saturated heterocycles. The minimum absolute atomic E-state index is 0.00956. The highest BCUT2D eigenvalue weighted by atomic mass is 35.5. The second-order valence-corrected chi connectivity index (χ2v) is 8.16. The fourth-order valence-corrected chi connectivity index (χ4v) is 4.61. The summed E-state index contributed by atoms with van der Waals surface area (Å²) in [5.74, 6) is -0.692. The Balaban J connectivity index is 2.47. The first-order chi connectivity index (χ1) is 9.72. The van der Waals surface area contributed by atoms with Crippen molar-refractivity contribution in [3.05, 3.63) is 45.5 Å². The smallest absolute Gasteiger partial charge is 0.271 e. The molecule has 1 aromatic heterocycles. The van der Waals surface area contributed by atoms with E-state index in [1.54, 1.807) is 6.92 Å². The number of benzene rings is 1. The van der Waals surface area contributed by atoms with Crippen LogP contribution in [0.2, 0.25) is 4.34 Å². The lowest BCUT2D eigenvalue weighted by atomic mass is 10.2. The van der Waals surface area contributed by atoms with E-state index in [2.05, 4.69) is 4.72 Å². The Bertz CT molecular complexity index is 798. The first-order valence-electron chi connectivity index (χ1n) is 5.59. The van der Waals surface area contributed by atoms with Gasteiger partial charge in [-0.2, -0.15) is 0 Å². The minimum atomic E-state index is -3.89. The van der Waals surface area contributed by atoms with Crippen LogP contribution < -0.4 is 10.5 Å². The van der Waals surface area contributed by atoms with Gasteiger partial charge in [-0.05, 0) is 30.7 Å². The van der Waals surface area contributed by atoms with Gasteiger partial charge < -0.3 is 5.73 Å². The first kappa shape index (κ1) is 16.2. The van der Waals surface area contributed by atoms with Crippen LogP contribution in [0.4, 0.5) is 10.1 Å². The Hall–Kier alpha value is -1.22. The number of hydrogen-bond donors (Lipinski definition) is 2. The van der Waals surface area contributed by atoms with Crippen LogP contribution in [0.1, 0.15) is 11.1 Å². The number of hydrogen-bond acceptors (Lipinski definition) is 4. The Labute approximate surface area is 135 Å². The second-order valence-electron chi connectivity index (χ2n) is 4.15. The average Bonchev–Trinajstić information content (AvgIpc) is 2.69. The van der Waals surface area contributed by atoms with Crippen molar-refractivity contribution in [1.82, 2.24) is 0 Å². The molecule has 0 aliphatic heterocycles. The Morgan fingerprint density at radius 2 is 2.14 bits per heavy atom. The molecule has 0 amide bonds. The van der Waals surface area contributed by atoms with Crippen LogP contribution in [0, 0.1) is 12.7 Å². The number of anilines is 1. The number of nitrogens with two attached hydrogens (primary N) is 1. The van der Waals surface area contributed by atoms with Gasteiger partial charge in [0.2, 0.25) is 0 Å². The van der Waals surface area contributed by atoms with E-state index in [0.717, 1.165) is 17.4 Å². The van der Waals surface area contributed by atoms with Gasteiger partial charge in [0, 0.05) is 0 Å². The molecule has 0 aliphatic rings. The van der Waals surface area contributed by atoms with Crippen LogP contribution in [0.5, 0.6) is 0 Å². The van der Waals surface area contributed by atoms with Gasteiger partial charge in [0.05, 0.1) is 15.6 Å².